The van der Waals surface area contributed by atoms with E-state index < -0.39 is 11.9 Å². The number of aliphatic carboxylic acids is 1. The van der Waals surface area contributed by atoms with Gasteiger partial charge in [-0.05, 0) is 24.8 Å². The van der Waals surface area contributed by atoms with Crippen LogP contribution in [-0.4, -0.2) is 35.0 Å². The number of hydrogen-bond donors (Lipinski definition) is 1. The molecule has 1 saturated carbocycles. The van der Waals surface area contributed by atoms with Gasteiger partial charge in [0, 0.05) is 24.4 Å². The molecule has 1 aromatic heterocycles. The molecule has 0 bridgehead atoms. The molecule has 3 unspecified atom stereocenters. The van der Waals surface area contributed by atoms with Gasteiger partial charge in [-0.1, -0.05) is 6.07 Å². The number of carboxylic acids is 1. The van der Waals surface area contributed by atoms with Gasteiger partial charge in [0.25, 0.3) is 0 Å². The maximum atomic E-state index is 12.1. The normalized spacial score (nSPS) is 23.4. The average molecular weight is 267 g/mol. The third-order valence-electron chi connectivity index (χ3n) is 3.51. The molecular formula is C13H17NO3S. The highest BCUT2D eigenvalue weighted by molar-refractivity contribution is 7.09. The van der Waals surface area contributed by atoms with E-state index in [2.05, 4.69) is 6.07 Å². The van der Waals surface area contributed by atoms with Gasteiger partial charge >= 0.3 is 5.97 Å². The highest BCUT2D eigenvalue weighted by Gasteiger charge is 2.49. The standard InChI is InChI=1S/C13H17NO3S/c1-8(6-9-4-3-5-18-9)14(2)12(15)10-7-11(10)13(16)17/h3-5,8,10-11H,6-7H2,1-2H3,(H,16,17). The van der Waals surface area contributed by atoms with Crippen molar-refractivity contribution in [3.05, 3.63) is 22.4 Å². The lowest BCUT2D eigenvalue weighted by Crippen LogP contribution is -2.37. The smallest absolute Gasteiger partial charge is 0.307 e. The van der Waals surface area contributed by atoms with Crippen LogP contribution in [0.15, 0.2) is 17.5 Å². The first-order chi connectivity index (χ1) is 8.50. The number of rotatable bonds is 5. The number of carbonyl (C=O) groups excluding carboxylic acids is 1. The second kappa shape index (κ2) is 5.10. The number of nitrogens with zero attached hydrogens (tertiary/aromatic N) is 1. The monoisotopic (exact) mass is 267 g/mol. The Morgan fingerprint density at radius 1 is 1.56 bits per heavy atom. The number of hydrogen-bond acceptors (Lipinski definition) is 3. The molecular weight excluding hydrogens is 250 g/mol. The third-order valence-corrected chi connectivity index (χ3v) is 4.41. The van der Waals surface area contributed by atoms with Crippen LogP contribution in [-0.2, 0) is 16.0 Å². The molecule has 1 fully saturated rings. The third kappa shape index (κ3) is 2.72. The molecule has 3 atom stereocenters. The van der Waals surface area contributed by atoms with Gasteiger partial charge in [-0.15, -0.1) is 11.3 Å². The van der Waals surface area contributed by atoms with Crippen LogP contribution in [0.2, 0.25) is 0 Å². The first kappa shape index (κ1) is 13.1. The van der Waals surface area contributed by atoms with E-state index in [9.17, 15) is 9.59 Å². The van der Waals surface area contributed by atoms with Gasteiger partial charge in [0.15, 0.2) is 0 Å². The summed E-state index contributed by atoms with van der Waals surface area (Å²) in [5.41, 5.74) is 0. The predicted octanol–water partition coefficient (Wildman–Crippen LogP) is 1.86. The van der Waals surface area contributed by atoms with Crippen molar-refractivity contribution in [3.8, 4) is 0 Å². The Kier molecular flexibility index (Phi) is 3.71. The van der Waals surface area contributed by atoms with E-state index in [-0.39, 0.29) is 17.9 Å². The number of likely N-dealkylation sites (N-methyl/N-ethyl adjacent to an activating group) is 1. The van der Waals surface area contributed by atoms with Crippen molar-refractivity contribution in [1.29, 1.82) is 0 Å². The summed E-state index contributed by atoms with van der Waals surface area (Å²) in [6.07, 6.45) is 1.31. The molecule has 1 aliphatic rings. The fourth-order valence-electron chi connectivity index (χ4n) is 2.08. The van der Waals surface area contributed by atoms with Gasteiger partial charge in [-0.2, -0.15) is 0 Å². The summed E-state index contributed by atoms with van der Waals surface area (Å²) in [7, 11) is 1.76. The number of thiophene rings is 1. The lowest BCUT2D eigenvalue weighted by molar-refractivity contribution is -0.142. The minimum absolute atomic E-state index is 0.0357. The van der Waals surface area contributed by atoms with E-state index in [1.165, 1.54) is 4.88 Å². The summed E-state index contributed by atoms with van der Waals surface area (Å²) in [5, 5.41) is 10.9. The molecule has 0 spiro atoms. The number of carboxylic acid groups (broad SMARTS) is 1. The van der Waals surface area contributed by atoms with Gasteiger partial charge in [0.1, 0.15) is 0 Å². The zero-order chi connectivity index (χ0) is 13.3. The zero-order valence-electron chi connectivity index (χ0n) is 10.5. The van der Waals surface area contributed by atoms with Crippen molar-refractivity contribution in [2.45, 2.75) is 25.8 Å². The van der Waals surface area contributed by atoms with Crippen molar-refractivity contribution >= 4 is 23.2 Å². The lowest BCUT2D eigenvalue weighted by atomic mass is 10.1. The molecule has 98 valence electrons. The summed E-state index contributed by atoms with van der Waals surface area (Å²) in [5.74, 6) is -1.66. The summed E-state index contributed by atoms with van der Waals surface area (Å²) < 4.78 is 0. The number of amides is 1. The highest BCUT2D eigenvalue weighted by Crippen LogP contribution is 2.40. The largest absolute Gasteiger partial charge is 0.481 e. The quantitative estimate of drug-likeness (QED) is 0.886. The molecule has 2 rings (SSSR count). The van der Waals surface area contributed by atoms with E-state index in [0.29, 0.717) is 6.42 Å². The van der Waals surface area contributed by atoms with Crippen LogP contribution in [0, 0.1) is 11.8 Å². The Morgan fingerprint density at radius 2 is 2.28 bits per heavy atom. The number of carbonyl (C=O) groups is 2. The fraction of sp³-hybridized carbons (Fsp3) is 0.538. The van der Waals surface area contributed by atoms with Crippen molar-refractivity contribution < 1.29 is 14.7 Å². The minimum atomic E-state index is -0.854. The van der Waals surface area contributed by atoms with E-state index in [1.54, 1.807) is 23.3 Å². The Balaban J connectivity index is 1.89. The summed E-state index contributed by atoms with van der Waals surface area (Å²) >= 11 is 1.68. The van der Waals surface area contributed by atoms with Gasteiger partial charge in [-0.25, -0.2) is 0 Å². The molecule has 0 saturated heterocycles. The van der Waals surface area contributed by atoms with Crippen molar-refractivity contribution in [2.24, 2.45) is 11.8 Å². The molecule has 18 heavy (non-hydrogen) atoms. The first-order valence-corrected chi connectivity index (χ1v) is 6.90. The topological polar surface area (TPSA) is 57.6 Å². The van der Waals surface area contributed by atoms with Crippen LogP contribution in [0.25, 0.3) is 0 Å². The van der Waals surface area contributed by atoms with Crippen molar-refractivity contribution in [1.82, 2.24) is 4.90 Å². The molecule has 1 amide bonds. The van der Waals surface area contributed by atoms with E-state index in [0.717, 1.165) is 6.42 Å². The summed E-state index contributed by atoms with van der Waals surface area (Å²) in [6, 6.07) is 4.15. The minimum Gasteiger partial charge on any atom is -0.481 e. The van der Waals surface area contributed by atoms with Gasteiger partial charge < -0.3 is 10.0 Å². The maximum absolute atomic E-state index is 12.1. The van der Waals surface area contributed by atoms with Gasteiger partial charge in [0.05, 0.1) is 11.8 Å². The second-order valence-corrected chi connectivity index (χ2v) is 5.90. The maximum Gasteiger partial charge on any atom is 0.307 e. The molecule has 1 N–H and O–H groups in total. The van der Waals surface area contributed by atoms with Gasteiger partial charge in [0.2, 0.25) is 5.91 Å². The molecule has 5 heteroatoms. The van der Waals surface area contributed by atoms with Crippen LogP contribution in [0.1, 0.15) is 18.2 Å². The second-order valence-electron chi connectivity index (χ2n) is 4.87. The Hall–Kier alpha value is -1.36. The van der Waals surface area contributed by atoms with Gasteiger partial charge in [-0.3, -0.25) is 9.59 Å². The molecule has 1 aliphatic carbocycles. The molecule has 0 aromatic carbocycles. The van der Waals surface area contributed by atoms with E-state index in [4.69, 9.17) is 5.11 Å². The SMILES string of the molecule is CC(Cc1cccs1)N(C)C(=O)C1CC1C(=O)O. The van der Waals surface area contributed by atoms with E-state index >= 15 is 0 Å². The van der Waals surface area contributed by atoms with Crippen LogP contribution in [0.3, 0.4) is 0 Å². The molecule has 4 nitrogen and oxygen atoms in total. The van der Waals surface area contributed by atoms with Crippen LogP contribution < -0.4 is 0 Å². The summed E-state index contributed by atoms with van der Waals surface area (Å²) in [6.45, 7) is 2.00. The zero-order valence-corrected chi connectivity index (χ0v) is 11.3. The highest BCUT2D eigenvalue weighted by atomic mass is 32.1. The van der Waals surface area contributed by atoms with Crippen LogP contribution in [0.5, 0.6) is 0 Å². The Bertz CT molecular complexity index is 443. The first-order valence-electron chi connectivity index (χ1n) is 6.02. The molecule has 1 aromatic rings. The average Bonchev–Trinajstić information content (AvgIpc) is 2.99. The predicted molar refractivity (Wildman–Crippen MR) is 69.5 cm³/mol. The van der Waals surface area contributed by atoms with E-state index in [1.807, 2.05) is 18.4 Å². The van der Waals surface area contributed by atoms with Crippen molar-refractivity contribution in [3.63, 3.8) is 0 Å². The van der Waals surface area contributed by atoms with Crippen LogP contribution >= 0.6 is 11.3 Å². The van der Waals surface area contributed by atoms with Crippen molar-refractivity contribution in [2.75, 3.05) is 7.05 Å². The lowest BCUT2D eigenvalue weighted by Gasteiger charge is -2.24. The Labute approximate surface area is 110 Å². The fourth-order valence-corrected chi connectivity index (χ4v) is 2.90. The molecule has 0 aliphatic heterocycles. The summed E-state index contributed by atoms with van der Waals surface area (Å²) in [4.78, 5) is 25.7. The molecule has 0 radical (unpaired) electrons. The molecule has 1 heterocycles. The van der Waals surface area contributed by atoms with Crippen LogP contribution in [0.4, 0.5) is 0 Å². The Morgan fingerprint density at radius 3 is 2.78 bits per heavy atom.